The molecule has 11 heteroatoms. The first-order chi connectivity index (χ1) is 20.3. The highest BCUT2D eigenvalue weighted by atomic mass is 32.2. The highest BCUT2D eigenvalue weighted by Gasteiger charge is 2.23. The lowest BCUT2D eigenvalue weighted by Crippen LogP contribution is -2.31. The smallest absolute Gasteiger partial charge is 0.277 e. The van der Waals surface area contributed by atoms with Crippen molar-refractivity contribution in [2.45, 2.75) is 63.1 Å². The predicted molar refractivity (Wildman–Crippen MR) is 140 cm³/mol. The van der Waals surface area contributed by atoms with Gasteiger partial charge in [0.25, 0.3) is 5.56 Å². The van der Waals surface area contributed by atoms with Crippen molar-refractivity contribution < 1.29 is 24.1 Å². The fraction of sp³-hybridized carbons (Fsp3) is 0.560. The third kappa shape index (κ3) is 5.47. The summed E-state index contributed by atoms with van der Waals surface area (Å²) in [5.41, 5.74) is -0.814. The summed E-state index contributed by atoms with van der Waals surface area (Å²) < 4.78 is 100. The number of nitrogens with zero attached hydrogens (tertiary/aromatic N) is 4. The number of likely N-dealkylation sites (tertiary alicyclic amines) is 1. The SMILES string of the molecule is [2H]C(NS(=O)(=O)c1ccc(OCCC)c(-c2nc3c(CC([2H])([2H])C([2H])([2H])[2H])nn(C)c3c(=O)[nH]2)c1)C([2H])([2H])C1CCCN1C. The summed E-state index contributed by atoms with van der Waals surface area (Å²) in [6.07, 6.45) is -3.72. The molecule has 2 unspecified atom stereocenters. The van der Waals surface area contributed by atoms with E-state index >= 15 is 0 Å². The zero-order valence-electron chi connectivity index (χ0n) is 28.5. The van der Waals surface area contributed by atoms with Gasteiger partial charge < -0.3 is 14.6 Å². The van der Waals surface area contributed by atoms with Gasteiger partial charge in [-0.25, -0.2) is 18.1 Å². The average molecular weight is 525 g/mol. The van der Waals surface area contributed by atoms with Crippen molar-refractivity contribution in [3.05, 3.63) is 34.2 Å². The summed E-state index contributed by atoms with van der Waals surface area (Å²) in [6.45, 7) is -2.06. The first-order valence-corrected chi connectivity index (χ1v) is 13.2. The summed E-state index contributed by atoms with van der Waals surface area (Å²) in [5.74, 6) is 0.0292. The summed E-state index contributed by atoms with van der Waals surface area (Å²) in [7, 11) is -1.29. The number of fused-ring (bicyclic) bond motifs is 1. The van der Waals surface area contributed by atoms with E-state index in [1.165, 1.54) is 29.9 Å². The second kappa shape index (κ2) is 11.1. The first-order valence-electron chi connectivity index (χ1n) is 15.8. The maximum absolute atomic E-state index is 13.4. The summed E-state index contributed by atoms with van der Waals surface area (Å²) >= 11 is 0. The van der Waals surface area contributed by atoms with E-state index in [-0.39, 0.29) is 45.4 Å². The Kier molecular flexibility index (Phi) is 5.44. The van der Waals surface area contributed by atoms with Crippen molar-refractivity contribution >= 4 is 21.1 Å². The standard InChI is InChI=1S/C25H36N6O4S/c1-5-8-20-22-23(31(4)29-20)25(32)28-24(27-22)19-16-18(10-11-21(19)35-15-6-2)36(33,34)26-13-12-17-9-7-14-30(17)3/h10-11,16-17,26H,5-9,12-15H2,1-4H3,(H,27,28,32)/i1D3,5D2,12D2,13D. The fourth-order valence-electron chi connectivity index (χ4n) is 4.17. The van der Waals surface area contributed by atoms with E-state index in [1.807, 2.05) is 6.92 Å². The second-order valence-electron chi connectivity index (χ2n) is 8.61. The highest BCUT2D eigenvalue weighted by molar-refractivity contribution is 7.89. The minimum atomic E-state index is -4.45. The van der Waals surface area contributed by atoms with Crippen LogP contribution in [0, 0.1) is 0 Å². The number of hydrogen-bond donors (Lipinski definition) is 2. The monoisotopic (exact) mass is 524 g/mol. The number of rotatable bonds is 11. The number of benzene rings is 1. The van der Waals surface area contributed by atoms with Crippen molar-refractivity contribution in [1.82, 2.24) is 29.4 Å². The van der Waals surface area contributed by atoms with E-state index in [2.05, 4.69) is 19.8 Å². The topological polar surface area (TPSA) is 122 Å². The van der Waals surface area contributed by atoms with Gasteiger partial charge in [0.05, 0.1) is 22.8 Å². The van der Waals surface area contributed by atoms with E-state index in [9.17, 15) is 13.2 Å². The molecular weight excluding hydrogens is 480 g/mol. The summed E-state index contributed by atoms with van der Waals surface area (Å²) in [6, 6.07) is 3.13. The molecule has 0 amide bonds. The van der Waals surface area contributed by atoms with Gasteiger partial charge in [-0.05, 0) is 63.8 Å². The Hall–Kier alpha value is -2.76. The maximum atomic E-state index is 13.4. The molecule has 4 rings (SSSR count). The summed E-state index contributed by atoms with van der Waals surface area (Å²) in [5, 5.41) is 4.15. The lowest BCUT2D eigenvalue weighted by molar-refractivity contribution is 0.297. The molecule has 1 saturated heterocycles. The molecule has 1 aliphatic rings. The molecular formula is C25H36N6O4S. The third-order valence-corrected chi connectivity index (χ3v) is 7.31. The van der Waals surface area contributed by atoms with Gasteiger partial charge in [0.2, 0.25) is 10.0 Å². The minimum Gasteiger partial charge on any atom is -0.493 e. The number of nitrogens with one attached hydrogen (secondary N) is 2. The van der Waals surface area contributed by atoms with E-state index < -0.39 is 54.2 Å². The molecule has 36 heavy (non-hydrogen) atoms. The van der Waals surface area contributed by atoms with Crippen molar-refractivity contribution in [2.24, 2.45) is 7.05 Å². The van der Waals surface area contributed by atoms with Crippen molar-refractivity contribution in [1.29, 1.82) is 0 Å². The normalized spacial score (nSPS) is 22.0. The molecule has 196 valence electrons. The van der Waals surface area contributed by atoms with Crippen molar-refractivity contribution in [3.8, 4) is 17.1 Å². The molecule has 2 aromatic heterocycles. The van der Waals surface area contributed by atoms with E-state index in [4.69, 9.17) is 15.7 Å². The van der Waals surface area contributed by atoms with Crippen molar-refractivity contribution in [2.75, 3.05) is 26.7 Å². The number of aryl methyl sites for hydroxylation is 2. The van der Waals surface area contributed by atoms with Crippen LogP contribution in [0.5, 0.6) is 5.75 Å². The van der Waals surface area contributed by atoms with Crippen LogP contribution in [0.2, 0.25) is 0 Å². The molecule has 1 fully saturated rings. The number of hydrogen-bond acceptors (Lipinski definition) is 7. The molecule has 1 aromatic carbocycles. The molecule has 0 spiro atoms. The van der Waals surface area contributed by atoms with Gasteiger partial charge in [-0.3, -0.25) is 9.48 Å². The molecule has 2 atom stereocenters. The Morgan fingerprint density at radius 1 is 1.36 bits per heavy atom. The Labute approximate surface area is 223 Å². The van der Waals surface area contributed by atoms with Crippen LogP contribution in [0.3, 0.4) is 0 Å². The third-order valence-electron chi connectivity index (χ3n) is 6.01. The molecule has 3 heterocycles. The average Bonchev–Trinajstić information content (AvgIpc) is 3.49. The molecule has 0 saturated carbocycles. The lowest BCUT2D eigenvalue weighted by atomic mass is 10.1. The molecule has 0 bridgehead atoms. The van der Waals surface area contributed by atoms with Gasteiger partial charge in [0.15, 0.2) is 5.52 Å². The molecule has 0 aliphatic carbocycles. The number of sulfonamides is 1. The molecule has 2 N–H and O–H groups in total. The number of aromatic amines is 1. The minimum absolute atomic E-state index is 0.0391. The van der Waals surface area contributed by atoms with Gasteiger partial charge in [0, 0.05) is 30.6 Å². The predicted octanol–water partition coefficient (Wildman–Crippen LogP) is 2.83. The van der Waals surface area contributed by atoms with Crippen LogP contribution in [0.4, 0.5) is 0 Å². The maximum Gasteiger partial charge on any atom is 0.277 e. The van der Waals surface area contributed by atoms with E-state index in [0.29, 0.717) is 19.4 Å². The van der Waals surface area contributed by atoms with Crippen LogP contribution in [-0.2, 0) is 23.5 Å². The molecule has 1 aliphatic heterocycles. The molecule has 10 nitrogen and oxygen atoms in total. The van der Waals surface area contributed by atoms with E-state index in [1.54, 1.807) is 11.9 Å². The number of aromatic nitrogens is 4. The lowest BCUT2D eigenvalue weighted by Gasteiger charge is -2.19. The van der Waals surface area contributed by atoms with Crippen LogP contribution in [0.1, 0.15) is 62.4 Å². The zero-order chi connectivity index (χ0) is 32.8. The van der Waals surface area contributed by atoms with Gasteiger partial charge in [-0.1, -0.05) is 20.1 Å². The molecule has 3 aromatic rings. The Bertz CT molecular complexity index is 1690. The van der Waals surface area contributed by atoms with Crippen LogP contribution in [-0.4, -0.2) is 65.8 Å². The highest BCUT2D eigenvalue weighted by Crippen LogP contribution is 2.31. The van der Waals surface area contributed by atoms with Crippen LogP contribution in [0.25, 0.3) is 22.4 Å². The Morgan fingerprint density at radius 2 is 2.19 bits per heavy atom. The van der Waals surface area contributed by atoms with Gasteiger partial charge in [-0.2, -0.15) is 5.10 Å². The van der Waals surface area contributed by atoms with Gasteiger partial charge in [0.1, 0.15) is 17.1 Å². The number of ether oxygens (including phenoxy) is 1. The van der Waals surface area contributed by atoms with Crippen LogP contribution < -0.4 is 15.0 Å². The first kappa shape index (κ1) is 17.7. The van der Waals surface area contributed by atoms with E-state index in [0.717, 1.165) is 6.42 Å². The summed E-state index contributed by atoms with van der Waals surface area (Å²) in [4.78, 5) is 21.7. The quantitative estimate of drug-likeness (QED) is 0.395. The Balaban J connectivity index is 1.79. The van der Waals surface area contributed by atoms with Crippen molar-refractivity contribution in [3.63, 3.8) is 0 Å². The fourth-order valence-corrected chi connectivity index (χ4v) is 5.05. The second-order valence-corrected chi connectivity index (χ2v) is 10.3. The zero-order valence-corrected chi connectivity index (χ0v) is 21.3. The van der Waals surface area contributed by atoms with Gasteiger partial charge >= 0.3 is 0 Å². The number of H-pyrrole nitrogens is 1. The van der Waals surface area contributed by atoms with Crippen LogP contribution in [0.15, 0.2) is 27.9 Å². The largest absolute Gasteiger partial charge is 0.493 e. The Morgan fingerprint density at radius 3 is 2.92 bits per heavy atom. The van der Waals surface area contributed by atoms with Gasteiger partial charge in [-0.15, -0.1) is 0 Å². The molecule has 0 radical (unpaired) electrons. The van der Waals surface area contributed by atoms with Crippen LogP contribution >= 0.6 is 0 Å².